The Hall–Kier alpha value is -1.82. The molecule has 2 aliphatic heterocycles. The minimum Gasteiger partial charge on any atom is -0.286 e. The van der Waals surface area contributed by atoms with Crippen molar-refractivity contribution in [1.29, 1.82) is 0 Å². The molecule has 2 heterocycles. The second-order valence-electron chi connectivity index (χ2n) is 6.26. The Morgan fingerprint density at radius 1 is 0.727 bits per heavy atom. The van der Waals surface area contributed by atoms with E-state index in [-0.39, 0.29) is 15.7 Å². The van der Waals surface area contributed by atoms with Crippen molar-refractivity contribution in [3.63, 3.8) is 0 Å². The van der Waals surface area contributed by atoms with Gasteiger partial charge >= 0.3 is 16.7 Å². The predicted octanol–water partition coefficient (Wildman–Crippen LogP) is 5.07. The highest BCUT2D eigenvalue weighted by Crippen LogP contribution is 2.46. The molecule has 0 N–H and O–H groups in total. The molecule has 0 aliphatic carbocycles. The van der Waals surface area contributed by atoms with Gasteiger partial charge in [0.05, 0.1) is 26.5 Å². The first kappa shape index (κ1) is 25.8. The van der Waals surface area contributed by atoms with Gasteiger partial charge in [0.15, 0.2) is 0 Å². The summed E-state index contributed by atoms with van der Waals surface area (Å²) in [7, 11) is -6.34. The zero-order valence-electron chi connectivity index (χ0n) is 15.0. The number of halogens is 10. The summed E-state index contributed by atoms with van der Waals surface area (Å²) in [5.41, 5.74) is -3.89. The SMILES string of the molecule is O=C1c2c(F)ccc(C(F)(F)F)c2S(=O)C1(F)F.O=C1c2c(F)ccc(I)c2S(=O)C1(F)F. The van der Waals surface area contributed by atoms with Crippen LogP contribution in [0.2, 0.25) is 0 Å². The number of hydrogen-bond donors (Lipinski definition) is 0. The molecule has 2 atom stereocenters. The van der Waals surface area contributed by atoms with Gasteiger partial charge < -0.3 is 0 Å². The molecule has 0 spiro atoms. The maximum atomic E-state index is 13.2. The van der Waals surface area contributed by atoms with Crippen molar-refractivity contribution >= 4 is 55.8 Å². The first-order chi connectivity index (χ1) is 15.0. The summed E-state index contributed by atoms with van der Waals surface area (Å²) in [6.07, 6.45) is -5.10. The Morgan fingerprint density at radius 2 is 1.12 bits per heavy atom. The summed E-state index contributed by atoms with van der Waals surface area (Å²) < 4.78 is 139. The highest BCUT2D eigenvalue weighted by molar-refractivity contribution is 14.1. The van der Waals surface area contributed by atoms with Crippen LogP contribution in [0.5, 0.6) is 0 Å². The van der Waals surface area contributed by atoms with Crippen molar-refractivity contribution in [1.82, 2.24) is 0 Å². The number of alkyl halides is 7. The van der Waals surface area contributed by atoms with Gasteiger partial charge in [0.2, 0.25) is 11.6 Å². The number of Topliss-reactive ketones (excluding diaryl/α,β-unsaturated/α-hetero) is 2. The summed E-state index contributed by atoms with van der Waals surface area (Å²) in [4.78, 5) is 20.3. The maximum absolute atomic E-state index is 13.2. The van der Waals surface area contributed by atoms with Gasteiger partial charge in [-0.2, -0.15) is 30.7 Å². The molecule has 0 radical (unpaired) electrons. The van der Waals surface area contributed by atoms with Crippen molar-refractivity contribution < 1.29 is 57.5 Å². The van der Waals surface area contributed by atoms with Crippen LogP contribution < -0.4 is 0 Å². The largest absolute Gasteiger partial charge is 0.417 e. The highest BCUT2D eigenvalue weighted by atomic mass is 127. The van der Waals surface area contributed by atoms with E-state index in [4.69, 9.17) is 0 Å². The first-order valence-corrected chi connectivity index (χ1v) is 11.4. The van der Waals surface area contributed by atoms with E-state index in [1.54, 1.807) is 22.6 Å². The number of ketones is 2. The Labute approximate surface area is 195 Å². The fraction of sp³-hybridized carbons (Fsp3) is 0.176. The molecule has 4 rings (SSSR count). The van der Waals surface area contributed by atoms with Gasteiger partial charge in [-0.15, -0.1) is 0 Å². The van der Waals surface area contributed by atoms with Crippen molar-refractivity contribution in [2.24, 2.45) is 0 Å². The van der Waals surface area contributed by atoms with Gasteiger partial charge in [-0.25, -0.2) is 17.2 Å². The summed E-state index contributed by atoms with van der Waals surface area (Å²) in [5.74, 6) is -6.50. The minimum atomic E-state index is -5.10. The molecule has 0 fully saturated rings. The summed E-state index contributed by atoms with van der Waals surface area (Å²) in [6.45, 7) is 0. The second-order valence-corrected chi connectivity index (χ2v) is 10.3. The van der Waals surface area contributed by atoms with Crippen LogP contribution in [0.4, 0.5) is 39.5 Å². The van der Waals surface area contributed by atoms with E-state index in [2.05, 4.69) is 0 Å². The molecule has 2 unspecified atom stereocenters. The molecule has 33 heavy (non-hydrogen) atoms. The van der Waals surface area contributed by atoms with Gasteiger partial charge in [0.1, 0.15) is 33.2 Å². The molecular formula is C17H4F9IO4S2. The third-order valence-corrected chi connectivity index (χ3v) is 8.45. The van der Waals surface area contributed by atoms with Crippen molar-refractivity contribution in [3.8, 4) is 0 Å². The summed E-state index contributed by atoms with van der Waals surface area (Å²) in [6, 6.07) is 2.55. The lowest BCUT2D eigenvalue weighted by Gasteiger charge is -2.10. The molecule has 0 saturated heterocycles. The third-order valence-electron chi connectivity index (χ3n) is 4.29. The predicted molar refractivity (Wildman–Crippen MR) is 102 cm³/mol. The van der Waals surface area contributed by atoms with E-state index in [1.807, 2.05) is 0 Å². The van der Waals surface area contributed by atoms with Crippen LogP contribution in [0.15, 0.2) is 34.1 Å². The molecule has 178 valence electrons. The molecule has 0 amide bonds. The zero-order chi connectivity index (χ0) is 25.3. The van der Waals surface area contributed by atoms with E-state index in [0.29, 0.717) is 0 Å². The van der Waals surface area contributed by atoms with Gasteiger partial charge in [-0.1, -0.05) is 0 Å². The van der Waals surface area contributed by atoms with E-state index < -0.39 is 88.0 Å². The smallest absolute Gasteiger partial charge is 0.286 e. The van der Waals surface area contributed by atoms with E-state index in [9.17, 15) is 57.5 Å². The number of carbonyl (C=O) groups excluding carboxylic acids is 2. The van der Waals surface area contributed by atoms with Crippen LogP contribution in [0.25, 0.3) is 0 Å². The standard InChI is InChI=1S/C9H2F6O2S.C8H2F3IO2S/c10-4-2-1-3(8(11,12)13)6-5(4)7(16)9(14,15)18(6)17;9-3-1-2-4(12)6-5(3)7(13)8(10,11)15(6)14/h1-2H;1-2H. The van der Waals surface area contributed by atoms with E-state index in [1.165, 1.54) is 6.07 Å². The van der Waals surface area contributed by atoms with Crippen LogP contribution in [0.3, 0.4) is 0 Å². The lowest BCUT2D eigenvalue weighted by molar-refractivity contribution is -0.139. The van der Waals surface area contributed by atoms with Crippen LogP contribution in [-0.4, -0.2) is 30.5 Å². The molecule has 0 saturated carbocycles. The normalized spacial score (nSPS) is 22.5. The Balaban J connectivity index is 0.000000189. The summed E-state index contributed by atoms with van der Waals surface area (Å²) >= 11 is 1.64. The fourth-order valence-corrected chi connectivity index (χ4v) is 6.31. The molecule has 0 aromatic heterocycles. The van der Waals surface area contributed by atoms with Crippen LogP contribution in [0.1, 0.15) is 26.3 Å². The highest BCUT2D eigenvalue weighted by Gasteiger charge is 2.59. The molecule has 16 heteroatoms. The third kappa shape index (κ3) is 3.92. The molecule has 0 bridgehead atoms. The first-order valence-electron chi connectivity index (χ1n) is 8.02. The monoisotopic (exact) mass is 634 g/mol. The topological polar surface area (TPSA) is 68.3 Å². The molecule has 2 aliphatic rings. The summed E-state index contributed by atoms with van der Waals surface area (Å²) in [5, 5.41) is -8.55. The average Bonchev–Trinajstić information content (AvgIpc) is 3.00. The average molecular weight is 634 g/mol. The number of carbonyl (C=O) groups is 2. The van der Waals surface area contributed by atoms with Crippen LogP contribution >= 0.6 is 22.6 Å². The minimum absolute atomic E-state index is 0.181. The maximum Gasteiger partial charge on any atom is 0.417 e. The number of fused-ring (bicyclic) bond motifs is 2. The lowest BCUT2D eigenvalue weighted by atomic mass is 10.1. The zero-order valence-corrected chi connectivity index (χ0v) is 18.8. The van der Waals surface area contributed by atoms with Crippen molar-refractivity contribution in [3.05, 3.63) is 56.2 Å². The Kier molecular flexibility index (Phi) is 6.36. The van der Waals surface area contributed by atoms with E-state index >= 15 is 0 Å². The molecule has 4 nitrogen and oxygen atoms in total. The second kappa shape index (κ2) is 8.14. The Morgan fingerprint density at radius 3 is 1.55 bits per heavy atom. The van der Waals surface area contributed by atoms with Crippen LogP contribution in [-0.2, 0) is 27.8 Å². The van der Waals surface area contributed by atoms with Crippen molar-refractivity contribution in [2.45, 2.75) is 26.5 Å². The van der Waals surface area contributed by atoms with E-state index in [0.717, 1.165) is 6.07 Å². The van der Waals surface area contributed by atoms with Gasteiger partial charge in [-0.3, -0.25) is 9.59 Å². The van der Waals surface area contributed by atoms with Gasteiger partial charge in [0.25, 0.3) is 0 Å². The molecule has 2 aromatic rings. The molecular weight excluding hydrogens is 630 g/mol. The number of rotatable bonds is 0. The quantitative estimate of drug-likeness (QED) is 0.300. The lowest BCUT2D eigenvalue weighted by Crippen LogP contribution is -2.26. The van der Waals surface area contributed by atoms with Gasteiger partial charge in [-0.05, 0) is 46.9 Å². The van der Waals surface area contributed by atoms with Gasteiger partial charge in [0, 0.05) is 3.57 Å². The fourth-order valence-electron chi connectivity index (χ4n) is 2.83. The number of benzene rings is 2. The Bertz CT molecular complexity index is 1230. The van der Waals surface area contributed by atoms with Crippen LogP contribution in [0, 0.1) is 15.2 Å². The molecule has 2 aromatic carbocycles. The number of hydrogen-bond acceptors (Lipinski definition) is 4. The van der Waals surface area contributed by atoms with Crippen molar-refractivity contribution in [2.75, 3.05) is 0 Å².